The third-order valence-electron chi connectivity index (χ3n) is 2.70. The Bertz CT molecular complexity index is 464. The quantitative estimate of drug-likeness (QED) is 0.773. The molecule has 1 atom stereocenters. The van der Waals surface area contributed by atoms with Crippen LogP contribution in [0.5, 0.6) is 0 Å². The van der Waals surface area contributed by atoms with E-state index in [0.29, 0.717) is 17.9 Å². The third kappa shape index (κ3) is 2.14. The van der Waals surface area contributed by atoms with Crippen molar-refractivity contribution < 1.29 is 12.8 Å². The Labute approximate surface area is 88.6 Å². The Kier molecular flexibility index (Phi) is 2.46. The molecule has 1 aromatic rings. The molecule has 1 fully saturated rings. The molecule has 2 N–H and O–H groups in total. The number of aromatic nitrogens is 1. The molecule has 0 aromatic carbocycles. The largest absolute Gasteiger partial charge is 0.429 e. The molecule has 0 radical (unpaired) electrons. The van der Waals surface area contributed by atoms with Crippen LogP contribution in [0.25, 0.3) is 0 Å². The molecule has 2 heterocycles. The highest BCUT2D eigenvalue weighted by Gasteiger charge is 2.29. The van der Waals surface area contributed by atoms with E-state index in [-0.39, 0.29) is 23.4 Å². The minimum absolute atomic E-state index is 0.0511. The number of hydrogen-bond donors (Lipinski definition) is 1. The minimum Gasteiger partial charge on any atom is -0.429 e. The summed E-state index contributed by atoms with van der Waals surface area (Å²) in [5.74, 6) is 1.04. The number of hydrogen-bond acceptors (Lipinski definition) is 5. The minimum atomic E-state index is -2.91. The van der Waals surface area contributed by atoms with Gasteiger partial charge in [-0.2, -0.15) is 4.98 Å². The fraction of sp³-hybridized carbons (Fsp3) is 0.667. The fourth-order valence-corrected chi connectivity index (χ4v) is 3.76. The number of oxazole rings is 1. The van der Waals surface area contributed by atoms with Crippen molar-refractivity contribution in [1.29, 1.82) is 0 Å². The molecule has 5 nitrogen and oxygen atoms in total. The molecule has 6 heteroatoms. The average molecular weight is 230 g/mol. The van der Waals surface area contributed by atoms with Crippen molar-refractivity contribution in [2.75, 3.05) is 17.2 Å². The molecule has 0 aliphatic carbocycles. The second-order valence-corrected chi connectivity index (χ2v) is 6.18. The van der Waals surface area contributed by atoms with Crippen LogP contribution in [0, 0.1) is 6.92 Å². The molecular weight excluding hydrogens is 216 g/mol. The number of nitrogens with zero attached hydrogens (tertiary/aromatic N) is 1. The number of aryl methyl sites for hydroxylation is 1. The van der Waals surface area contributed by atoms with E-state index in [4.69, 9.17) is 10.2 Å². The van der Waals surface area contributed by atoms with E-state index in [9.17, 15) is 8.42 Å². The lowest BCUT2D eigenvalue weighted by Gasteiger charge is -2.20. The zero-order valence-electron chi connectivity index (χ0n) is 8.56. The maximum Gasteiger partial charge on any atom is 0.292 e. The molecule has 15 heavy (non-hydrogen) atoms. The zero-order chi connectivity index (χ0) is 11.1. The lowest BCUT2D eigenvalue weighted by molar-refractivity contribution is 0.527. The van der Waals surface area contributed by atoms with Gasteiger partial charge in [0.05, 0.1) is 17.2 Å². The van der Waals surface area contributed by atoms with Crippen molar-refractivity contribution in [3.8, 4) is 0 Å². The van der Waals surface area contributed by atoms with E-state index in [1.54, 1.807) is 6.92 Å². The molecule has 0 saturated carbocycles. The van der Waals surface area contributed by atoms with Gasteiger partial charge in [0.1, 0.15) is 5.76 Å². The molecule has 1 aromatic heterocycles. The van der Waals surface area contributed by atoms with Crippen LogP contribution in [0.3, 0.4) is 0 Å². The predicted molar refractivity (Wildman–Crippen MR) is 56.3 cm³/mol. The topological polar surface area (TPSA) is 86.2 Å². The summed E-state index contributed by atoms with van der Waals surface area (Å²) in [6.45, 7) is 1.76. The molecule has 0 amide bonds. The van der Waals surface area contributed by atoms with Crippen LogP contribution >= 0.6 is 0 Å². The third-order valence-corrected chi connectivity index (χ3v) is 4.52. The summed E-state index contributed by atoms with van der Waals surface area (Å²) in [4.78, 5) is 4.05. The van der Waals surface area contributed by atoms with Gasteiger partial charge in [-0.1, -0.05) is 0 Å². The standard InChI is InChI=1S/C9H14N2O3S/c1-6-8(11-9(10)14-6)7-3-2-4-15(12,13)5-7/h7H,2-5H2,1H3,(H2,10,11). The van der Waals surface area contributed by atoms with E-state index in [0.717, 1.165) is 6.42 Å². The Morgan fingerprint density at radius 3 is 2.80 bits per heavy atom. The second kappa shape index (κ2) is 3.52. The summed E-state index contributed by atoms with van der Waals surface area (Å²) in [7, 11) is -2.91. The van der Waals surface area contributed by atoms with Crippen LogP contribution < -0.4 is 5.73 Å². The summed E-state index contributed by atoms with van der Waals surface area (Å²) in [5, 5.41) is 0. The normalized spacial score (nSPS) is 25.3. The fourth-order valence-electron chi connectivity index (χ4n) is 2.05. The Balaban J connectivity index is 2.28. The summed E-state index contributed by atoms with van der Waals surface area (Å²) in [5.41, 5.74) is 6.13. The molecule has 1 unspecified atom stereocenters. The smallest absolute Gasteiger partial charge is 0.292 e. The Morgan fingerprint density at radius 1 is 1.53 bits per heavy atom. The van der Waals surface area contributed by atoms with E-state index in [1.165, 1.54) is 0 Å². The Morgan fingerprint density at radius 2 is 2.27 bits per heavy atom. The first kappa shape index (κ1) is 10.5. The van der Waals surface area contributed by atoms with Crippen molar-refractivity contribution in [2.24, 2.45) is 0 Å². The molecule has 84 valence electrons. The van der Waals surface area contributed by atoms with Gasteiger partial charge in [0.25, 0.3) is 6.01 Å². The SMILES string of the molecule is Cc1oc(N)nc1C1CCCS(=O)(=O)C1. The van der Waals surface area contributed by atoms with Crippen LogP contribution in [0.1, 0.15) is 30.2 Å². The summed E-state index contributed by atoms with van der Waals surface area (Å²) < 4.78 is 28.0. The highest BCUT2D eigenvalue weighted by molar-refractivity contribution is 7.91. The molecule has 1 aliphatic rings. The van der Waals surface area contributed by atoms with Crippen molar-refractivity contribution in [3.63, 3.8) is 0 Å². The first-order chi connectivity index (χ1) is 6.98. The molecule has 1 aliphatic heterocycles. The van der Waals surface area contributed by atoms with Crippen molar-refractivity contribution in [2.45, 2.75) is 25.7 Å². The van der Waals surface area contributed by atoms with Gasteiger partial charge >= 0.3 is 0 Å². The van der Waals surface area contributed by atoms with Crippen LogP contribution in [0.4, 0.5) is 6.01 Å². The maximum absolute atomic E-state index is 11.5. The van der Waals surface area contributed by atoms with Gasteiger partial charge in [-0.05, 0) is 19.8 Å². The van der Waals surface area contributed by atoms with Crippen molar-refractivity contribution >= 4 is 15.9 Å². The summed E-state index contributed by atoms with van der Waals surface area (Å²) >= 11 is 0. The van der Waals surface area contributed by atoms with Gasteiger partial charge in [0, 0.05) is 5.92 Å². The summed E-state index contributed by atoms with van der Waals surface area (Å²) in [6.07, 6.45) is 1.53. The van der Waals surface area contributed by atoms with Crippen LogP contribution in [0.15, 0.2) is 4.42 Å². The predicted octanol–water partition coefficient (Wildman–Crippen LogP) is 0.857. The van der Waals surface area contributed by atoms with E-state index in [2.05, 4.69) is 4.98 Å². The van der Waals surface area contributed by atoms with Crippen LogP contribution in [-0.4, -0.2) is 24.9 Å². The van der Waals surface area contributed by atoms with E-state index >= 15 is 0 Å². The van der Waals surface area contributed by atoms with Gasteiger partial charge < -0.3 is 10.2 Å². The van der Waals surface area contributed by atoms with Gasteiger partial charge in [-0.15, -0.1) is 0 Å². The van der Waals surface area contributed by atoms with Crippen LogP contribution in [0.2, 0.25) is 0 Å². The van der Waals surface area contributed by atoms with Gasteiger partial charge in [-0.25, -0.2) is 8.42 Å². The number of nitrogens with two attached hydrogens (primary N) is 1. The zero-order valence-corrected chi connectivity index (χ0v) is 9.38. The molecule has 0 bridgehead atoms. The molecule has 0 spiro atoms. The number of rotatable bonds is 1. The number of anilines is 1. The highest BCUT2D eigenvalue weighted by atomic mass is 32.2. The first-order valence-electron chi connectivity index (χ1n) is 4.91. The lowest BCUT2D eigenvalue weighted by Crippen LogP contribution is -2.24. The van der Waals surface area contributed by atoms with E-state index in [1.807, 2.05) is 0 Å². The first-order valence-corrected chi connectivity index (χ1v) is 6.73. The highest BCUT2D eigenvalue weighted by Crippen LogP contribution is 2.30. The van der Waals surface area contributed by atoms with Gasteiger partial charge in [0.2, 0.25) is 0 Å². The molecular formula is C9H14N2O3S. The average Bonchev–Trinajstić information content (AvgIpc) is 2.43. The molecule has 2 rings (SSSR count). The van der Waals surface area contributed by atoms with Crippen LogP contribution in [-0.2, 0) is 9.84 Å². The monoisotopic (exact) mass is 230 g/mol. The maximum atomic E-state index is 11.5. The lowest BCUT2D eigenvalue weighted by atomic mass is 10.0. The van der Waals surface area contributed by atoms with Gasteiger partial charge in [0.15, 0.2) is 9.84 Å². The summed E-state index contributed by atoms with van der Waals surface area (Å²) in [6, 6.07) is 0.116. The van der Waals surface area contributed by atoms with E-state index < -0.39 is 9.84 Å². The van der Waals surface area contributed by atoms with Gasteiger partial charge in [-0.3, -0.25) is 0 Å². The number of sulfone groups is 1. The molecule has 1 saturated heterocycles. The van der Waals surface area contributed by atoms with Crippen molar-refractivity contribution in [1.82, 2.24) is 4.98 Å². The second-order valence-electron chi connectivity index (χ2n) is 3.95. The number of nitrogen functional groups attached to an aromatic ring is 1. The Hall–Kier alpha value is -1.04. The van der Waals surface area contributed by atoms with Crippen molar-refractivity contribution in [3.05, 3.63) is 11.5 Å².